The number of nitrogens with one attached hydrogen (secondary N) is 2. The molecule has 0 bridgehead atoms. The summed E-state index contributed by atoms with van der Waals surface area (Å²) in [4.78, 5) is 12.5. The number of carbonyl (C=O) groups is 1. The highest BCUT2D eigenvalue weighted by molar-refractivity contribution is 7.92. The number of nitrogens with zero attached hydrogens (tertiary/aromatic N) is 1. The maximum Gasteiger partial charge on any atom is 0.261 e. The first-order valence-electron chi connectivity index (χ1n) is 11.9. The van der Waals surface area contributed by atoms with Gasteiger partial charge in [0.05, 0.1) is 16.9 Å². The van der Waals surface area contributed by atoms with E-state index in [0.717, 1.165) is 18.4 Å². The Labute approximate surface area is 222 Å². The van der Waals surface area contributed by atoms with E-state index in [1.165, 1.54) is 35.7 Å². The van der Waals surface area contributed by atoms with Crippen molar-refractivity contribution in [2.75, 3.05) is 31.5 Å². The van der Waals surface area contributed by atoms with Crippen molar-refractivity contribution in [2.24, 2.45) is 0 Å². The van der Waals surface area contributed by atoms with E-state index >= 15 is 0 Å². The van der Waals surface area contributed by atoms with E-state index in [1.54, 1.807) is 48.5 Å². The summed E-state index contributed by atoms with van der Waals surface area (Å²) < 4.78 is 64.9. The summed E-state index contributed by atoms with van der Waals surface area (Å²) in [7, 11) is -5.76. The van der Waals surface area contributed by atoms with E-state index < -0.39 is 20.0 Å². The fourth-order valence-electron chi connectivity index (χ4n) is 3.85. The molecule has 10 nitrogen and oxygen atoms in total. The first kappa shape index (κ1) is 27.4. The number of carbonyl (C=O) groups excluding carboxylic acids is 1. The van der Waals surface area contributed by atoms with Crippen LogP contribution < -0.4 is 19.5 Å². The lowest BCUT2D eigenvalue weighted by Crippen LogP contribution is -2.29. The second kappa shape index (κ2) is 11.8. The van der Waals surface area contributed by atoms with Gasteiger partial charge in [0.1, 0.15) is 11.5 Å². The molecule has 1 fully saturated rings. The summed E-state index contributed by atoms with van der Waals surface area (Å²) in [6.45, 7) is 1.02. The number of benzene rings is 3. The monoisotopic (exact) mass is 559 g/mol. The Morgan fingerprint density at radius 1 is 0.816 bits per heavy atom. The average molecular weight is 560 g/mol. The Hall–Kier alpha value is -3.61. The minimum atomic E-state index is -3.80. The number of amides is 1. The second-order valence-corrected chi connectivity index (χ2v) is 12.2. The van der Waals surface area contributed by atoms with E-state index in [2.05, 4.69) is 10.0 Å². The molecule has 4 rings (SSSR count). The highest BCUT2D eigenvalue weighted by atomic mass is 32.2. The summed E-state index contributed by atoms with van der Waals surface area (Å²) in [6, 6.07) is 18.6. The second-order valence-electron chi connectivity index (χ2n) is 8.63. The molecule has 2 N–H and O–H groups in total. The van der Waals surface area contributed by atoms with Gasteiger partial charge >= 0.3 is 0 Å². The third-order valence-electron chi connectivity index (χ3n) is 5.96. The first-order chi connectivity index (χ1) is 18.2. The van der Waals surface area contributed by atoms with Gasteiger partial charge in [0.15, 0.2) is 6.61 Å². The van der Waals surface area contributed by atoms with Crippen molar-refractivity contribution >= 4 is 31.6 Å². The van der Waals surface area contributed by atoms with Gasteiger partial charge in [-0.15, -0.1) is 0 Å². The number of rotatable bonds is 11. The fourth-order valence-corrected chi connectivity index (χ4v) is 6.42. The molecule has 1 amide bonds. The predicted molar refractivity (Wildman–Crippen MR) is 142 cm³/mol. The standard InChI is InChI=1S/C26H29N3O7S2/c1-35-22-8-6-21(7-9-22)28-37(31,32)24-14-10-23(11-15-24)36-19-26(30)27-18-20-4-12-25(13-5-20)38(33,34)29-16-2-3-17-29/h4-15,28H,2-3,16-19H2,1H3,(H,27,30). The molecule has 3 aromatic rings. The van der Waals surface area contributed by atoms with Crippen LogP contribution in [0.5, 0.6) is 11.5 Å². The molecule has 0 radical (unpaired) electrons. The topological polar surface area (TPSA) is 131 Å². The van der Waals surface area contributed by atoms with Crippen LogP contribution in [0.4, 0.5) is 5.69 Å². The van der Waals surface area contributed by atoms with E-state index in [9.17, 15) is 21.6 Å². The Balaban J connectivity index is 1.25. The van der Waals surface area contributed by atoms with Gasteiger partial charge in [-0.1, -0.05) is 12.1 Å². The molecule has 38 heavy (non-hydrogen) atoms. The Kier molecular flexibility index (Phi) is 8.55. The molecule has 0 aromatic heterocycles. The lowest BCUT2D eigenvalue weighted by molar-refractivity contribution is -0.123. The summed E-state index contributed by atoms with van der Waals surface area (Å²) in [6.07, 6.45) is 1.74. The molecule has 0 atom stereocenters. The Morgan fingerprint density at radius 2 is 1.39 bits per heavy atom. The molecule has 1 saturated heterocycles. The van der Waals surface area contributed by atoms with Crippen LogP contribution in [0.3, 0.4) is 0 Å². The van der Waals surface area contributed by atoms with E-state index in [4.69, 9.17) is 9.47 Å². The van der Waals surface area contributed by atoms with Crippen LogP contribution in [-0.2, 0) is 31.4 Å². The van der Waals surface area contributed by atoms with Crippen molar-refractivity contribution in [1.29, 1.82) is 0 Å². The maximum absolute atomic E-state index is 12.6. The third kappa shape index (κ3) is 6.82. The maximum atomic E-state index is 12.6. The molecule has 1 aliphatic rings. The number of hydrogen-bond acceptors (Lipinski definition) is 7. The van der Waals surface area contributed by atoms with Crippen molar-refractivity contribution < 1.29 is 31.1 Å². The smallest absolute Gasteiger partial charge is 0.261 e. The number of sulfonamides is 2. The quantitative estimate of drug-likeness (QED) is 0.369. The minimum absolute atomic E-state index is 0.0420. The van der Waals surface area contributed by atoms with Gasteiger partial charge < -0.3 is 14.8 Å². The van der Waals surface area contributed by atoms with Crippen LogP contribution in [0.2, 0.25) is 0 Å². The molecule has 202 valence electrons. The molecule has 0 spiro atoms. The molecule has 0 aliphatic carbocycles. The van der Waals surface area contributed by atoms with Gasteiger partial charge in [-0.2, -0.15) is 4.31 Å². The van der Waals surface area contributed by atoms with Crippen molar-refractivity contribution in [3.05, 3.63) is 78.4 Å². The summed E-state index contributed by atoms with van der Waals surface area (Å²) >= 11 is 0. The van der Waals surface area contributed by atoms with Crippen LogP contribution >= 0.6 is 0 Å². The molecular weight excluding hydrogens is 530 g/mol. The highest BCUT2D eigenvalue weighted by Crippen LogP contribution is 2.22. The van der Waals surface area contributed by atoms with Crippen LogP contribution in [0.15, 0.2) is 82.6 Å². The van der Waals surface area contributed by atoms with Gasteiger partial charge in [0.25, 0.3) is 15.9 Å². The van der Waals surface area contributed by atoms with Crippen LogP contribution in [0.25, 0.3) is 0 Å². The lowest BCUT2D eigenvalue weighted by atomic mass is 10.2. The van der Waals surface area contributed by atoms with E-state index in [1.807, 2.05) is 0 Å². The van der Waals surface area contributed by atoms with Crippen molar-refractivity contribution in [1.82, 2.24) is 9.62 Å². The lowest BCUT2D eigenvalue weighted by Gasteiger charge is -2.15. The molecule has 0 saturated carbocycles. The number of anilines is 1. The number of hydrogen-bond donors (Lipinski definition) is 2. The van der Waals surface area contributed by atoms with Crippen LogP contribution in [0, 0.1) is 0 Å². The normalized spacial score (nSPS) is 14.1. The van der Waals surface area contributed by atoms with E-state index in [0.29, 0.717) is 30.3 Å². The van der Waals surface area contributed by atoms with E-state index in [-0.39, 0.29) is 28.8 Å². The minimum Gasteiger partial charge on any atom is -0.497 e. The molecule has 1 aliphatic heterocycles. The van der Waals surface area contributed by atoms with Gasteiger partial charge in [-0.25, -0.2) is 16.8 Å². The van der Waals surface area contributed by atoms with Crippen LogP contribution in [-0.4, -0.2) is 53.9 Å². The number of methoxy groups -OCH3 is 1. The fraction of sp³-hybridized carbons (Fsp3) is 0.269. The summed E-state index contributed by atoms with van der Waals surface area (Å²) in [5.74, 6) is 0.566. The summed E-state index contributed by atoms with van der Waals surface area (Å²) in [5.41, 5.74) is 1.14. The summed E-state index contributed by atoms with van der Waals surface area (Å²) in [5, 5.41) is 2.71. The highest BCUT2D eigenvalue weighted by Gasteiger charge is 2.26. The van der Waals surface area contributed by atoms with Gasteiger partial charge in [0.2, 0.25) is 10.0 Å². The molecule has 0 unspecified atom stereocenters. The molecule has 3 aromatic carbocycles. The average Bonchev–Trinajstić information content (AvgIpc) is 3.48. The third-order valence-corrected chi connectivity index (χ3v) is 9.27. The Bertz CT molecular complexity index is 1450. The zero-order valence-electron chi connectivity index (χ0n) is 20.8. The molecular formula is C26H29N3O7S2. The van der Waals surface area contributed by atoms with Crippen molar-refractivity contribution in [2.45, 2.75) is 29.2 Å². The van der Waals surface area contributed by atoms with Crippen molar-refractivity contribution in [3.63, 3.8) is 0 Å². The van der Waals surface area contributed by atoms with Gasteiger partial charge in [-0.05, 0) is 79.1 Å². The zero-order valence-corrected chi connectivity index (χ0v) is 22.4. The first-order valence-corrected chi connectivity index (χ1v) is 14.9. The SMILES string of the molecule is COc1ccc(NS(=O)(=O)c2ccc(OCC(=O)NCc3ccc(S(=O)(=O)N4CCCC4)cc3)cc2)cc1. The zero-order chi connectivity index (χ0) is 27.2. The van der Waals surface area contributed by atoms with Crippen molar-refractivity contribution in [3.8, 4) is 11.5 Å². The molecule has 1 heterocycles. The predicted octanol–water partition coefficient (Wildman–Crippen LogP) is 2.98. The largest absolute Gasteiger partial charge is 0.497 e. The number of ether oxygens (including phenoxy) is 2. The molecule has 12 heteroatoms. The Morgan fingerprint density at radius 3 is 2.00 bits per heavy atom. The van der Waals surface area contributed by atoms with Gasteiger partial charge in [0, 0.05) is 25.3 Å². The van der Waals surface area contributed by atoms with Crippen LogP contribution in [0.1, 0.15) is 18.4 Å². The van der Waals surface area contributed by atoms with Gasteiger partial charge in [-0.3, -0.25) is 9.52 Å².